The van der Waals surface area contributed by atoms with Crippen LogP contribution in [0.4, 0.5) is 5.69 Å². The van der Waals surface area contributed by atoms with E-state index < -0.39 is 11.0 Å². The topological polar surface area (TPSA) is 89.5 Å². The van der Waals surface area contributed by atoms with Gasteiger partial charge in [-0.1, -0.05) is 18.2 Å². The molecule has 0 aliphatic heterocycles. The second-order valence-electron chi connectivity index (χ2n) is 4.87. The molecule has 0 aromatic heterocycles. The van der Waals surface area contributed by atoms with Gasteiger partial charge in [-0.3, -0.25) is 14.9 Å². The first kappa shape index (κ1) is 16.4. The molecule has 1 aliphatic carbocycles. The molecule has 1 amide bonds. The van der Waals surface area contributed by atoms with E-state index in [0.717, 1.165) is 12.8 Å². The van der Waals surface area contributed by atoms with Crippen LogP contribution in [-0.2, 0) is 11.3 Å². The van der Waals surface area contributed by atoms with E-state index in [1.165, 1.54) is 6.07 Å². The number of carbonyl (C=O) groups is 1. The molecule has 110 valence electrons. The molecule has 0 saturated heterocycles. The minimum atomic E-state index is -0.580. The van der Waals surface area contributed by atoms with Crippen molar-refractivity contribution in [2.75, 3.05) is 0 Å². The lowest BCUT2D eigenvalue weighted by Gasteiger charge is -2.24. The summed E-state index contributed by atoms with van der Waals surface area (Å²) in [5, 5.41) is 11.0. The van der Waals surface area contributed by atoms with Crippen LogP contribution in [0, 0.1) is 10.1 Å². The van der Waals surface area contributed by atoms with Gasteiger partial charge in [0.2, 0.25) is 5.91 Å². The predicted molar refractivity (Wildman–Crippen MR) is 77.6 cm³/mol. The zero-order valence-corrected chi connectivity index (χ0v) is 12.0. The van der Waals surface area contributed by atoms with Crippen LogP contribution in [0.5, 0.6) is 0 Å². The lowest BCUT2D eigenvalue weighted by molar-refractivity contribution is -0.385. The summed E-state index contributed by atoms with van der Waals surface area (Å²) in [4.78, 5) is 24.3. The lowest BCUT2D eigenvalue weighted by atomic mass is 10.1. The van der Waals surface area contributed by atoms with E-state index in [0.29, 0.717) is 5.56 Å². The number of para-hydroxylation sites is 1. The smallest absolute Gasteiger partial charge is 0.274 e. The molecule has 7 heteroatoms. The van der Waals surface area contributed by atoms with Gasteiger partial charge in [-0.05, 0) is 19.8 Å². The molecule has 1 aromatic carbocycles. The van der Waals surface area contributed by atoms with E-state index in [1.54, 1.807) is 30.0 Å². The van der Waals surface area contributed by atoms with Crippen molar-refractivity contribution < 1.29 is 9.72 Å². The van der Waals surface area contributed by atoms with Gasteiger partial charge in [0.05, 0.1) is 17.5 Å². The Morgan fingerprint density at radius 1 is 1.50 bits per heavy atom. The van der Waals surface area contributed by atoms with Crippen molar-refractivity contribution in [3.05, 3.63) is 39.9 Å². The molecule has 1 unspecified atom stereocenters. The maximum atomic E-state index is 12.0. The normalized spacial score (nSPS) is 15.1. The zero-order valence-electron chi connectivity index (χ0n) is 11.2. The van der Waals surface area contributed by atoms with Crippen molar-refractivity contribution in [1.29, 1.82) is 0 Å². The van der Waals surface area contributed by atoms with Crippen LogP contribution in [0.25, 0.3) is 0 Å². The minimum Gasteiger partial charge on any atom is -0.334 e. The maximum absolute atomic E-state index is 12.0. The van der Waals surface area contributed by atoms with Gasteiger partial charge >= 0.3 is 0 Å². The highest BCUT2D eigenvalue weighted by atomic mass is 35.5. The van der Waals surface area contributed by atoms with Crippen molar-refractivity contribution in [2.45, 2.75) is 38.4 Å². The van der Waals surface area contributed by atoms with E-state index in [4.69, 9.17) is 5.73 Å². The Hall–Kier alpha value is -1.66. The van der Waals surface area contributed by atoms with Crippen LogP contribution in [0.2, 0.25) is 0 Å². The van der Waals surface area contributed by atoms with Gasteiger partial charge in [0.25, 0.3) is 5.69 Å². The van der Waals surface area contributed by atoms with Crippen LogP contribution in [-0.4, -0.2) is 27.8 Å². The number of nitrogens with two attached hydrogens (primary N) is 1. The molecular formula is C13H18ClN3O3. The molecule has 1 aliphatic rings. The van der Waals surface area contributed by atoms with Crippen molar-refractivity contribution in [3.63, 3.8) is 0 Å². The summed E-state index contributed by atoms with van der Waals surface area (Å²) in [6.45, 7) is 1.89. The molecule has 20 heavy (non-hydrogen) atoms. The van der Waals surface area contributed by atoms with Gasteiger partial charge in [0, 0.05) is 17.7 Å². The molecule has 1 fully saturated rings. The van der Waals surface area contributed by atoms with Crippen LogP contribution in [0.3, 0.4) is 0 Å². The Kier molecular flexibility index (Phi) is 5.47. The third kappa shape index (κ3) is 3.68. The summed E-state index contributed by atoms with van der Waals surface area (Å²) in [5.74, 6) is -0.152. The van der Waals surface area contributed by atoms with Crippen LogP contribution in [0.1, 0.15) is 25.3 Å². The first-order valence-electron chi connectivity index (χ1n) is 6.29. The van der Waals surface area contributed by atoms with Crippen molar-refractivity contribution in [3.8, 4) is 0 Å². The highest BCUT2D eigenvalue weighted by Crippen LogP contribution is 2.30. The summed E-state index contributed by atoms with van der Waals surface area (Å²) in [5.41, 5.74) is 6.23. The minimum absolute atomic E-state index is 0. The summed E-state index contributed by atoms with van der Waals surface area (Å²) in [6.07, 6.45) is 1.89. The van der Waals surface area contributed by atoms with Crippen molar-refractivity contribution >= 4 is 24.0 Å². The monoisotopic (exact) mass is 299 g/mol. The average Bonchev–Trinajstić information content (AvgIpc) is 3.19. The Morgan fingerprint density at radius 3 is 2.60 bits per heavy atom. The quantitative estimate of drug-likeness (QED) is 0.663. The number of amides is 1. The Morgan fingerprint density at radius 2 is 2.10 bits per heavy atom. The summed E-state index contributed by atoms with van der Waals surface area (Å²) >= 11 is 0. The zero-order chi connectivity index (χ0) is 14.0. The Labute approximate surface area is 123 Å². The number of halogens is 1. The molecule has 1 atom stereocenters. The predicted octanol–water partition coefficient (Wildman–Crippen LogP) is 1.85. The largest absolute Gasteiger partial charge is 0.334 e. The van der Waals surface area contributed by atoms with Crippen molar-refractivity contribution in [2.24, 2.45) is 5.73 Å². The molecule has 1 aromatic rings. The number of nitro benzene ring substituents is 1. The number of hydrogen-bond acceptors (Lipinski definition) is 4. The van der Waals surface area contributed by atoms with Gasteiger partial charge in [0.15, 0.2) is 0 Å². The van der Waals surface area contributed by atoms with E-state index >= 15 is 0 Å². The van der Waals surface area contributed by atoms with E-state index in [9.17, 15) is 14.9 Å². The summed E-state index contributed by atoms with van der Waals surface area (Å²) < 4.78 is 0. The van der Waals surface area contributed by atoms with Gasteiger partial charge in [0.1, 0.15) is 0 Å². The van der Waals surface area contributed by atoms with Crippen LogP contribution in [0.15, 0.2) is 24.3 Å². The van der Waals surface area contributed by atoms with E-state index in [1.807, 2.05) is 0 Å². The molecule has 0 radical (unpaired) electrons. The molecule has 2 N–H and O–H groups in total. The fourth-order valence-corrected chi connectivity index (χ4v) is 2.04. The van der Waals surface area contributed by atoms with Crippen molar-refractivity contribution in [1.82, 2.24) is 4.90 Å². The van der Waals surface area contributed by atoms with Gasteiger partial charge in [-0.25, -0.2) is 0 Å². The second kappa shape index (κ2) is 6.67. The molecular weight excluding hydrogens is 282 g/mol. The van der Waals surface area contributed by atoms with E-state index in [2.05, 4.69) is 0 Å². The average molecular weight is 300 g/mol. The van der Waals surface area contributed by atoms with Gasteiger partial charge in [-0.2, -0.15) is 0 Å². The first-order chi connectivity index (χ1) is 9.00. The highest BCUT2D eigenvalue weighted by molar-refractivity contribution is 5.85. The third-order valence-electron chi connectivity index (χ3n) is 3.19. The first-order valence-corrected chi connectivity index (χ1v) is 6.29. The van der Waals surface area contributed by atoms with Crippen LogP contribution >= 0.6 is 12.4 Å². The number of rotatable bonds is 5. The Bertz CT molecular complexity index is 503. The highest BCUT2D eigenvalue weighted by Gasteiger charge is 2.34. The third-order valence-corrected chi connectivity index (χ3v) is 3.19. The molecule has 0 spiro atoms. The number of hydrogen-bond donors (Lipinski definition) is 1. The number of benzene rings is 1. The SMILES string of the molecule is CC(N)C(=O)N(Cc1ccccc1[N+](=O)[O-])C1CC1.Cl. The molecule has 6 nitrogen and oxygen atoms in total. The lowest BCUT2D eigenvalue weighted by Crippen LogP contribution is -2.42. The maximum Gasteiger partial charge on any atom is 0.274 e. The number of nitrogens with zero attached hydrogens (tertiary/aromatic N) is 2. The summed E-state index contributed by atoms with van der Waals surface area (Å²) in [6, 6.07) is 6.10. The molecule has 0 bridgehead atoms. The number of carbonyl (C=O) groups excluding carboxylic acids is 1. The molecule has 0 heterocycles. The fourth-order valence-electron chi connectivity index (χ4n) is 2.04. The fraction of sp³-hybridized carbons (Fsp3) is 0.462. The number of nitro groups is 1. The van der Waals surface area contributed by atoms with Gasteiger partial charge < -0.3 is 10.6 Å². The Balaban J connectivity index is 0.00000200. The van der Waals surface area contributed by atoms with Crippen LogP contribution < -0.4 is 5.73 Å². The standard InChI is InChI=1S/C13H17N3O3.ClH/c1-9(14)13(17)15(11-6-7-11)8-10-4-2-3-5-12(10)16(18)19;/h2-5,9,11H,6-8,14H2,1H3;1H. The summed E-state index contributed by atoms with van der Waals surface area (Å²) in [7, 11) is 0. The second-order valence-corrected chi connectivity index (χ2v) is 4.87. The molecule has 1 saturated carbocycles. The van der Waals surface area contributed by atoms with Gasteiger partial charge in [-0.15, -0.1) is 12.4 Å². The van der Waals surface area contributed by atoms with E-state index in [-0.39, 0.29) is 36.6 Å². The molecule has 2 rings (SSSR count).